The number of nitrogens with two attached hydrogens (primary N) is 1. The van der Waals surface area contributed by atoms with Crippen LogP contribution in [0.1, 0.15) is 11.4 Å². The summed E-state index contributed by atoms with van der Waals surface area (Å²) >= 11 is 0. The lowest BCUT2D eigenvalue weighted by Gasteiger charge is -2.05. The largest absolute Gasteiger partial charge is 0.388 e. The van der Waals surface area contributed by atoms with Gasteiger partial charge in [-0.25, -0.2) is 13.6 Å². The lowest BCUT2D eigenvalue weighted by atomic mass is 10.2. The van der Waals surface area contributed by atoms with Crippen LogP contribution in [0, 0.1) is 0 Å². The third-order valence-corrected chi connectivity index (χ3v) is 3.37. The van der Waals surface area contributed by atoms with E-state index in [0.717, 1.165) is 5.56 Å². The summed E-state index contributed by atoms with van der Waals surface area (Å²) in [7, 11) is -3.67. The van der Waals surface area contributed by atoms with Crippen molar-refractivity contribution in [3.05, 3.63) is 42.0 Å². The molecule has 0 aliphatic heterocycles. The van der Waals surface area contributed by atoms with Gasteiger partial charge in [-0.15, -0.1) is 10.2 Å². The van der Waals surface area contributed by atoms with Crippen molar-refractivity contribution in [3.8, 4) is 0 Å². The quantitative estimate of drug-likeness (QED) is 0.774. The molecular formula is C10H12N4O3S. The van der Waals surface area contributed by atoms with Crippen LogP contribution in [0.5, 0.6) is 0 Å². The molecular weight excluding hydrogens is 256 g/mol. The van der Waals surface area contributed by atoms with Crippen molar-refractivity contribution in [1.29, 1.82) is 0 Å². The molecule has 2 rings (SSSR count). The lowest BCUT2D eigenvalue weighted by molar-refractivity contribution is 0.265. The molecule has 0 amide bonds. The first kappa shape index (κ1) is 12.7. The van der Waals surface area contributed by atoms with Gasteiger partial charge in [-0.3, -0.25) is 0 Å². The molecule has 0 spiro atoms. The molecule has 0 radical (unpaired) electrons. The minimum atomic E-state index is -3.67. The fourth-order valence-electron chi connectivity index (χ4n) is 1.51. The summed E-state index contributed by atoms with van der Waals surface area (Å²) in [6, 6.07) is 6.18. The molecule has 0 fully saturated rings. The van der Waals surface area contributed by atoms with Gasteiger partial charge in [-0.05, 0) is 17.7 Å². The molecule has 96 valence electrons. The van der Waals surface area contributed by atoms with E-state index >= 15 is 0 Å². The van der Waals surface area contributed by atoms with Gasteiger partial charge in [0.05, 0.1) is 11.4 Å². The maximum absolute atomic E-state index is 11.1. The van der Waals surface area contributed by atoms with Crippen LogP contribution >= 0.6 is 0 Å². The Morgan fingerprint density at radius 3 is 2.50 bits per heavy atom. The average molecular weight is 268 g/mol. The van der Waals surface area contributed by atoms with E-state index in [9.17, 15) is 8.42 Å². The summed E-state index contributed by atoms with van der Waals surface area (Å²) in [4.78, 5) is 0.0670. The van der Waals surface area contributed by atoms with Gasteiger partial charge in [-0.1, -0.05) is 12.1 Å². The summed E-state index contributed by atoms with van der Waals surface area (Å²) in [6.07, 6.45) is 1.50. The van der Waals surface area contributed by atoms with Crippen LogP contribution in [0.15, 0.2) is 35.5 Å². The van der Waals surface area contributed by atoms with E-state index in [0.29, 0.717) is 12.4 Å². The van der Waals surface area contributed by atoms with Gasteiger partial charge in [0.2, 0.25) is 10.0 Å². The van der Waals surface area contributed by atoms with Gasteiger partial charge in [0.1, 0.15) is 12.9 Å². The molecule has 0 aliphatic rings. The van der Waals surface area contributed by atoms with Gasteiger partial charge < -0.3 is 9.67 Å². The molecule has 2 aromatic rings. The highest BCUT2D eigenvalue weighted by molar-refractivity contribution is 7.89. The third kappa shape index (κ3) is 2.73. The fourth-order valence-corrected chi connectivity index (χ4v) is 2.03. The molecule has 7 nitrogen and oxygen atoms in total. The molecule has 0 aliphatic carbocycles. The highest BCUT2D eigenvalue weighted by Gasteiger charge is 2.08. The van der Waals surface area contributed by atoms with E-state index in [1.54, 1.807) is 16.7 Å². The number of aliphatic hydroxyl groups excluding tert-OH is 1. The standard InChI is InChI=1S/C10H12N4O3S/c11-18(16,17)9-3-1-8(2-4-9)5-14-7-12-13-10(14)6-15/h1-4,7,15H,5-6H2,(H2,11,16,17). The van der Waals surface area contributed by atoms with Crippen LogP contribution in [0.3, 0.4) is 0 Å². The van der Waals surface area contributed by atoms with Crippen molar-refractivity contribution in [3.63, 3.8) is 0 Å². The minimum absolute atomic E-state index is 0.0670. The van der Waals surface area contributed by atoms with E-state index in [2.05, 4.69) is 10.2 Å². The number of benzene rings is 1. The zero-order valence-corrected chi connectivity index (χ0v) is 10.2. The number of nitrogens with zero attached hydrogens (tertiary/aromatic N) is 3. The van der Waals surface area contributed by atoms with Gasteiger partial charge >= 0.3 is 0 Å². The van der Waals surface area contributed by atoms with Crippen LogP contribution in [-0.2, 0) is 23.2 Å². The summed E-state index contributed by atoms with van der Waals surface area (Å²) in [5.41, 5.74) is 0.858. The second kappa shape index (κ2) is 4.84. The van der Waals surface area contributed by atoms with E-state index < -0.39 is 10.0 Å². The smallest absolute Gasteiger partial charge is 0.238 e. The summed E-state index contributed by atoms with van der Waals surface area (Å²) in [5.74, 6) is 0.450. The van der Waals surface area contributed by atoms with E-state index in [1.165, 1.54) is 18.5 Å². The molecule has 0 atom stereocenters. The fraction of sp³-hybridized carbons (Fsp3) is 0.200. The molecule has 0 saturated heterocycles. The number of aliphatic hydroxyl groups is 1. The highest BCUT2D eigenvalue weighted by atomic mass is 32.2. The Hall–Kier alpha value is -1.77. The average Bonchev–Trinajstić information content (AvgIpc) is 2.76. The molecule has 3 N–H and O–H groups in total. The maximum Gasteiger partial charge on any atom is 0.238 e. The van der Waals surface area contributed by atoms with E-state index in [-0.39, 0.29) is 11.5 Å². The Bertz CT molecular complexity index is 633. The predicted octanol–water partition coefficient (Wildman–Crippen LogP) is -0.534. The number of sulfonamides is 1. The molecule has 0 unspecified atom stereocenters. The molecule has 8 heteroatoms. The third-order valence-electron chi connectivity index (χ3n) is 2.44. The first-order valence-electron chi connectivity index (χ1n) is 5.10. The topological polar surface area (TPSA) is 111 Å². The number of primary sulfonamides is 1. The summed E-state index contributed by atoms with van der Waals surface area (Å²) < 4.78 is 23.8. The van der Waals surface area contributed by atoms with Crippen molar-refractivity contribution >= 4 is 10.0 Å². The van der Waals surface area contributed by atoms with Crippen LogP contribution in [0.25, 0.3) is 0 Å². The Kier molecular flexibility index (Phi) is 3.41. The Balaban J connectivity index is 2.21. The van der Waals surface area contributed by atoms with Crippen LogP contribution in [-0.4, -0.2) is 28.3 Å². The van der Waals surface area contributed by atoms with Crippen molar-refractivity contribution in [2.45, 2.75) is 18.0 Å². The number of hydrogen-bond acceptors (Lipinski definition) is 5. The second-order valence-corrected chi connectivity index (χ2v) is 5.28. The summed E-state index contributed by atoms with van der Waals surface area (Å²) in [6.45, 7) is 0.253. The number of hydrogen-bond donors (Lipinski definition) is 2. The van der Waals surface area contributed by atoms with E-state index in [1.807, 2.05) is 0 Å². The van der Waals surface area contributed by atoms with Gasteiger partial charge in [0.25, 0.3) is 0 Å². The molecule has 1 aromatic heterocycles. The zero-order valence-electron chi connectivity index (χ0n) is 9.39. The number of aromatic nitrogens is 3. The molecule has 18 heavy (non-hydrogen) atoms. The minimum Gasteiger partial charge on any atom is -0.388 e. The first-order valence-corrected chi connectivity index (χ1v) is 6.64. The van der Waals surface area contributed by atoms with Gasteiger partial charge in [0.15, 0.2) is 5.82 Å². The Labute approximate surface area is 104 Å². The monoisotopic (exact) mass is 268 g/mol. The van der Waals surface area contributed by atoms with Crippen LogP contribution in [0.2, 0.25) is 0 Å². The van der Waals surface area contributed by atoms with Crippen molar-refractivity contribution in [2.24, 2.45) is 5.14 Å². The van der Waals surface area contributed by atoms with Crippen molar-refractivity contribution in [1.82, 2.24) is 14.8 Å². The zero-order chi connectivity index (χ0) is 13.2. The predicted molar refractivity (Wildman–Crippen MR) is 62.9 cm³/mol. The second-order valence-electron chi connectivity index (χ2n) is 3.72. The molecule has 0 saturated carbocycles. The number of rotatable bonds is 4. The summed E-state index contributed by atoms with van der Waals surface area (Å²) in [5, 5.41) is 21.4. The maximum atomic E-state index is 11.1. The van der Waals surface area contributed by atoms with Crippen LogP contribution < -0.4 is 5.14 Å². The van der Waals surface area contributed by atoms with Crippen LogP contribution in [0.4, 0.5) is 0 Å². The highest BCUT2D eigenvalue weighted by Crippen LogP contribution is 2.10. The molecule has 1 aromatic carbocycles. The SMILES string of the molecule is NS(=O)(=O)c1ccc(Cn2cnnc2CO)cc1. The lowest BCUT2D eigenvalue weighted by Crippen LogP contribution is -2.12. The Morgan fingerprint density at radius 1 is 1.28 bits per heavy atom. The normalized spacial score (nSPS) is 11.7. The molecule has 0 bridgehead atoms. The van der Waals surface area contributed by atoms with Crippen molar-refractivity contribution < 1.29 is 13.5 Å². The van der Waals surface area contributed by atoms with E-state index in [4.69, 9.17) is 10.2 Å². The Morgan fingerprint density at radius 2 is 1.94 bits per heavy atom. The first-order chi connectivity index (χ1) is 8.50. The van der Waals surface area contributed by atoms with Gasteiger partial charge in [0, 0.05) is 0 Å². The van der Waals surface area contributed by atoms with Crippen molar-refractivity contribution in [2.75, 3.05) is 0 Å². The molecule has 1 heterocycles. The van der Waals surface area contributed by atoms with Gasteiger partial charge in [-0.2, -0.15) is 0 Å².